The zero-order valence-corrected chi connectivity index (χ0v) is 12.8. The van der Waals surface area contributed by atoms with Crippen LogP contribution in [0.25, 0.3) is 0 Å². The number of aromatic nitrogens is 1. The number of pyridine rings is 1. The van der Waals surface area contributed by atoms with Gasteiger partial charge < -0.3 is 4.90 Å². The monoisotopic (exact) mass is 294 g/mol. The fourth-order valence-electron chi connectivity index (χ4n) is 3.20. The average molecular weight is 294 g/mol. The second-order valence-corrected chi connectivity index (χ2v) is 5.93. The molecule has 0 spiro atoms. The number of carbonyl (C=O) groups excluding carboxylic acids is 1. The van der Waals surface area contributed by atoms with Gasteiger partial charge in [-0.1, -0.05) is 36.4 Å². The van der Waals surface area contributed by atoms with Crippen molar-refractivity contribution in [3.8, 4) is 0 Å². The molecule has 1 atom stereocenters. The second kappa shape index (κ2) is 7.21. The van der Waals surface area contributed by atoms with Crippen LogP contribution in [0.1, 0.15) is 30.4 Å². The molecule has 1 aromatic carbocycles. The van der Waals surface area contributed by atoms with Crippen LogP contribution in [0.5, 0.6) is 0 Å². The van der Waals surface area contributed by atoms with Crippen LogP contribution in [0, 0.1) is 0 Å². The molecule has 1 aliphatic heterocycles. The van der Waals surface area contributed by atoms with E-state index >= 15 is 0 Å². The molecule has 0 saturated carbocycles. The molecular weight excluding hydrogens is 272 g/mol. The van der Waals surface area contributed by atoms with E-state index in [2.05, 4.69) is 34.1 Å². The Morgan fingerprint density at radius 1 is 1.14 bits per heavy atom. The number of benzene rings is 1. The lowest BCUT2D eigenvalue weighted by Crippen LogP contribution is -2.36. The van der Waals surface area contributed by atoms with Crippen molar-refractivity contribution in [3.63, 3.8) is 0 Å². The standard InChI is InChI=1S/C19H22N2O/c22-19(11-10-17-8-4-12-20-15-17)21-13-5-9-18(21)14-16-6-2-1-3-7-16/h1-4,6-8,12,15,18H,5,9-11,13-14H2. The van der Waals surface area contributed by atoms with E-state index in [1.54, 1.807) is 6.20 Å². The van der Waals surface area contributed by atoms with Gasteiger partial charge in [0, 0.05) is 31.4 Å². The van der Waals surface area contributed by atoms with Gasteiger partial charge in [-0.15, -0.1) is 0 Å². The van der Waals surface area contributed by atoms with E-state index in [1.807, 2.05) is 24.4 Å². The van der Waals surface area contributed by atoms with Gasteiger partial charge in [0.1, 0.15) is 0 Å². The Labute approximate surface area is 132 Å². The number of amides is 1. The van der Waals surface area contributed by atoms with Crippen LogP contribution < -0.4 is 0 Å². The molecule has 2 aromatic rings. The maximum absolute atomic E-state index is 12.5. The first-order valence-electron chi connectivity index (χ1n) is 8.05. The highest BCUT2D eigenvalue weighted by Gasteiger charge is 2.28. The highest BCUT2D eigenvalue weighted by Crippen LogP contribution is 2.22. The molecule has 3 heteroatoms. The van der Waals surface area contributed by atoms with Crippen molar-refractivity contribution < 1.29 is 4.79 Å². The van der Waals surface area contributed by atoms with Crippen molar-refractivity contribution >= 4 is 5.91 Å². The largest absolute Gasteiger partial charge is 0.339 e. The number of hydrogen-bond acceptors (Lipinski definition) is 2. The molecule has 0 bridgehead atoms. The van der Waals surface area contributed by atoms with Crippen molar-refractivity contribution in [2.75, 3.05) is 6.54 Å². The first-order chi connectivity index (χ1) is 10.8. The number of nitrogens with zero attached hydrogens (tertiary/aromatic N) is 2. The van der Waals surface area contributed by atoms with Gasteiger partial charge in [-0.25, -0.2) is 0 Å². The highest BCUT2D eigenvalue weighted by atomic mass is 16.2. The Balaban J connectivity index is 1.57. The van der Waals surface area contributed by atoms with Gasteiger partial charge >= 0.3 is 0 Å². The van der Waals surface area contributed by atoms with Crippen LogP contribution in [0.3, 0.4) is 0 Å². The van der Waals surface area contributed by atoms with Crippen molar-refractivity contribution in [1.82, 2.24) is 9.88 Å². The van der Waals surface area contributed by atoms with Crippen molar-refractivity contribution in [3.05, 3.63) is 66.0 Å². The van der Waals surface area contributed by atoms with Crippen LogP contribution in [0.2, 0.25) is 0 Å². The predicted molar refractivity (Wildman–Crippen MR) is 87.4 cm³/mol. The molecule has 1 fully saturated rings. The van der Waals surface area contributed by atoms with E-state index in [0.29, 0.717) is 12.5 Å². The summed E-state index contributed by atoms with van der Waals surface area (Å²) in [5.74, 6) is 0.280. The van der Waals surface area contributed by atoms with E-state index < -0.39 is 0 Å². The Morgan fingerprint density at radius 3 is 2.73 bits per heavy atom. The van der Waals surface area contributed by atoms with E-state index in [1.165, 1.54) is 5.56 Å². The number of rotatable bonds is 5. The molecule has 0 radical (unpaired) electrons. The van der Waals surface area contributed by atoms with Gasteiger partial charge in [-0.2, -0.15) is 0 Å². The molecule has 1 aliphatic rings. The molecule has 2 heterocycles. The summed E-state index contributed by atoms with van der Waals surface area (Å²) in [7, 11) is 0. The molecule has 3 rings (SSSR count). The molecule has 0 N–H and O–H groups in total. The van der Waals surface area contributed by atoms with Gasteiger partial charge in [-0.05, 0) is 42.9 Å². The molecule has 1 unspecified atom stereocenters. The molecule has 114 valence electrons. The number of carbonyl (C=O) groups is 1. The topological polar surface area (TPSA) is 33.2 Å². The Morgan fingerprint density at radius 2 is 1.95 bits per heavy atom. The summed E-state index contributed by atoms with van der Waals surface area (Å²) < 4.78 is 0. The third kappa shape index (κ3) is 3.73. The normalized spacial score (nSPS) is 17.6. The van der Waals surface area contributed by atoms with E-state index in [0.717, 1.165) is 37.8 Å². The fourth-order valence-corrected chi connectivity index (χ4v) is 3.20. The first-order valence-corrected chi connectivity index (χ1v) is 8.05. The molecule has 1 aromatic heterocycles. The second-order valence-electron chi connectivity index (χ2n) is 5.93. The van der Waals surface area contributed by atoms with Gasteiger partial charge in [0.25, 0.3) is 0 Å². The minimum absolute atomic E-state index is 0.280. The smallest absolute Gasteiger partial charge is 0.223 e. The Hall–Kier alpha value is -2.16. The summed E-state index contributed by atoms with van der Waals surface area (Å²) in [5.41, 5.74) is 2.45. The lowest BCUT2D eigenvalue weighted by atomic mass is 10.0. The summed E-state index contributed by atoms with van der Waals surface area (Å²) >= 11 is 0. The average Bonchev–Trinajstić information content (AvgIpc) is 3.03. The minimum atomic E-state index is 0.280. The van der Waals surface area contributed by atoms with Gasteiger partial charge in [0.05, 0.1) is 0 Å². The van der Waals surface area contributed by atoms with Crippen LogP contribution in [-0.2, 0) is 17.6 Å². The fraction of sp³-hybridized carbons (Fsp3) is 0.368. The van der Waals surface area contributed by atoms with Gasteiger partial charge in [-0.3, -0.25) is 9.78 Å². The van der Waals surface area contributed by atoms with Gasteiger partial charge in [0.15, 0.2) is 0 Å². The molecule has 22 heavy (non-hydrogen) atoms. The van der Waals surface area contributed by atoms with Gasteiger partial charge in [0.2, 0.25) is 5.91 Å². The van der Waals surface area contributed by atoms with Crippen molar-refractivity contribution in [2.45, 2.75) is 38.1 Å². The van der Waals surface area contributed by atoms with Crippen LogP contribution in [0.4, 0.5) is 0 Å². The number of likely N-dealkylation sites (tertiary alicyclic amines) is 1. The van der Waals surface area contributed by atoms with Crippen LogP contribution in [-0.4, -0.2) is 28.4 Å². The third-order valence-corrected chi connectivity index (χ3v) is 4.36. The van der Waals surface area contributed by atoms with Crippen molar-refractivity contribution in [2.24, 2.45) is 0 Å². The Kier molecular flexibility index (Phi) is 4.84. The zero-order valence-electron chi connectivity index (χ0n) is 12.8. The minimum Gasteiger partial charge on any atom is -0.339 e. The summed E-state index contributed by atoms with van der Waals surface area (Å²) in [4.78, 5) is 18.7. The highest BCUT2D eigenvalue weighted by molar-refractivity contribution is 5.77. The van der Waals surface area contributed by atoms with Crippen LogP contribution >= 0.6 is 0 Å². The molecule has 3 nitrogen and oxygen atoms in total. The first kappa shape index (κ1) is 14.8. The van der Waals surface area contributed by atoms with Crippen molar-refractivity contribution in [1.29, 1.82) is 0 Å². The maximum atomic E-state index is 12.5. The summed E-state index contributed by atoms with van der Waals surface area (Å²) in [6.45, 7) is 0.906. The molecule has 0 aliphatic carbocycles. The maximum Gasteiger partial charge on any atom is 0.223 e. The van der Waals surface area contributed by atoms with Crippen LogP contribution in [0.15, 0.2) is 54.9 Å². The number of aryl methyl sites for hydroxylation is 1. The molecular formula is C19H22N2O. The summed E-state index contributed by atoms with van der Waals surface area (Å²) in [6.07, 6.45) is 8.18. The summed E-state index contributed by atoms with van der Waals surface area (Å²) in [5, 5.41) is 0. The lowest BCUT2D eigenvalue weighted by molar-refractivity contribution is -0.131. The predicted octanol–water partition coefficient (Wildman–Crippen LogP) is 3.25. The van der Waals surface area contributed by atoms with E-state index in [9.17, 15) is 4.79 Å². The third-order valence-electron chi connectivity index (χ3n) is 4.36. The molecule has 1 amide bonds. The number of hydrogen-bond donors (Lipinski definition) is 0. The van der Waals surface area contributed by atoms with E-state index in [4.69, 9.17) is 0 Å². The lowest BCUT2D eigenvalue weighted by Gasteiger charge is -2.25. The quantitative estimate of drug-likeness (QED) is 0.848. The molecule has 1 saturated heterocycles. The van der Waals surface area contributed by atoms with E-state index in [-0.39, 0.29) is 5.91 Å². The Bertz CT molecular complexity index is 597. The zero-order chi connectivity index (χ0) is 15.2. The summed E-state index contributed by atoms with van der Waals surface area (Å²) in [6, 6.07) is 14.8. The SMILES string of the molecule is O=C(CCc1cccnc1)N1CCCC1Cc1ccccc1.